The van der Waals surface area contributed by atoms with E-state index in [2.05, 4.69) is 4.99 Å². The van der Waals surface area contributed by atoms with Crippen molar-refractivity contribution in [2.45, 2.75) is 34.2 Å². The molecule has 1 aromatic heterocycles. The van der Waals surface area contributed by atoms with Gasteiger partial charge in [0.1, 0.15) is 0 Å². The van der Waals surface area contributed by atoms with E-state index < -0.39 is 0 Å². The maximum absolute atomic E-state index is 12.8. The molecule has 2 aromatic carbocycles. The lowest BCUT2D eigenvalue weighted by atomic mass is 10.1. The lowest BCUT2D eigenvalue weighted by Gasteiger charge is -2.08. The maximum Gasteiger partial charge on any atom is 0.279 e. The Kier molecular flexibility index (Phi) is 6.15. The number of amides is 1. The highest BCUT2D eigenvalue weighted by Gasteiger charge is 2.14. The van der Waals surface area contributed by atoms with Gasteiger partial charge >= 0.3 is 0 Å². The summed E-state index contributed by atoms with van der Waals surface area (Å²) in [5.41, 5.74) is 4.69. The third kappa shape index (κ3) is 4.15. The van der Waals surface area contributed by atoms with E-state index in [0.29, 0.717) is 35.1 Å². The van der Waals surface area contributed by atoms with Crippen molar-refractivity contribution in [3.05, 3.63) is 62.4 Å². The smallest absolute Gasteiger partial charge is 0.279 e. The second-order valence-corrected chi connectivity index (χ2v) is 7.90. The lowest BCUT2D eigenvalue weighted by Crippen LogP contribution is -2.20. The van der Waals surface area contributed by atoms with Crippen LogP contribution in [-0.4, -0.2) is 23.7 Å². The van der Waals surface area contributed by atoms with Gasteiger partial charge in [-0.25, -0.2) is 0 Å². The van der Waals surface area contributed by atoms with Crippen LogP contribution in [0.5, 0.6) is 0 Å². The number of benzene rings is 2. The molecule has 0 bridgehead atoms. The Bertz CT molecular complexity index is 1070. The summed E-state index contributed by atoms with van der Waals surface area (Å²) in [6.45, 7) is 9.73. The van der Waals surface area contributed by atoms with Crippen LogP contribution in [0.4, 0.5) is 0 Å². The molecule has 0 aliphatic carbocycles. The molecule has 4 nitrogen and oxygen atoms in total. The SMILES string of the molecule is CCOCCn1c(=NC(=O)c2ccc(C)cc2C)sc2ccc(Cl)c(C)c21. The number of fused-ring (bicyclic) bond motifs is 1. The summed E-state index contributed by atoms with van der Waals surface area (Å²) in [5, 5.41) is 0.706. The van der Waals surface area contributed by atoms with Crippen LogP contribution in [0.2, 0.25) is 5.02 Å². The topological polar surface area (TPSA) is 43.6 Å². The number of aryl methyl sites for hydroxylation is 3. The zero-order valence-electron chi connectivity index (χ0n) is 16.0. The summed E-state index contributed by atoms with van der Waals surface area (Å²) in [6, 6.07) is 9.65. The first-order valence-electron chi connectivity index (χ1n) is 8.95. The normalized spacial score (nSPS) is 12.1. The number of hydrogen-bond donors (Lipinski definition) is 0. The number of aromatic nitrogens is 1. The van der Waals surface area contributed by atoms with Gasteiger partial charge in [0.15, 0.2) is 4.80 Å². The number of carbonyl (C=O) groups is 1. The third-order valence-corrected chi connectivity index (χ3v) is 5.96. The molecule has 3 aromatic rings. The van der Waals surface area contributed by atoms with E-state index in [1.807, 2.05) is 62.6 Å². The highest BCUT2D eigenvalue weighted by Crippen LogP contribution is 2.27. The minimum Gasteiger partial charge on any atom is -0.380 e. The summed E-state index contributed by atoms with van der Waals surface area (Å²) in [5.74, 6) is -0.229. The largest absolute Gasteiger partial charge is 0.380 e. The molecule has 0 aliphatic rings. The molecular formula is C21H23ClN2O2S. The quantitative estimate of drug-likeness (QED) is 0.560. The van der Waals surface area contributed by atoms with Crippen LogP contribution in [0.15, 0.2) is 35.3 Å². The van der Waals surface area contributed by atoms with Crippen LogP contribution in [0.3, 0.4) is 0 Å². The van der Waals surface area contributed by atoms with E-state index in [4.69, 9.17) is 16.3 Å². The average Bonchev–Trinajstić information content (AvgIpc) is 2.96. The molecule has 0 saturated heterocycles. The number of rotatable bonds is 5. The monoisotopic (exact) mass is 402 g/mol. The Hall–Kier alpha value is -1.95. The number of hydrogen-bond acceptors (Lipinski definition) is 3. The number of thiazole rings is 1. The first-order chi connectivity index (χ1) is 12.9. The zero-order valence-corrected chi connectivity index (χ0v) is 17.6. The van der Waals surface area contributed by atoms with Crippen LogP contribution in [-0.2, 0) is 11.3 Å². The van der Waals surface area contributed by atoms with E-state index in [9.17, 15) is 4.79 Å². The fourth-order valence-corrected chi connectivity index (χ4v) is 4.38. The van der Waals surface area contributed by atoms with Crippen LogP contribution >= 0.6 is 22.9 Å². The first kappa shape index (κ1) is 19.8. The molecule has 0 saturated carbocycles. The molecule has 3 rings (SSSR count). The highest BCUT2D eigenvalue weighted by molar-refractivity contribution is 7.16. The van der Waals surface area contributed by atoms with Crippen LogP contribution in [0.1, 0.15) is 34.0 Å². The first-order valence-corrected chi connectivity index (χ1v) is 10.1. The molecule has 0 N–H and O–H groups in total. The molecule has 1 amide bonds. The standard InChI is InChI=1S/C21H23ClN2O2S/c1-5-26-11-10-24-19-15(4)17(22)8-9-18(19)27-21(24)23-20(25)16-7-6-13(2)12-14(16)3/h6-9,12H,5,10-11H2,1-4H3. The van der Waals surface area contributed by atoms with Gasteiger partial charge in [-0.05, 0) is 57.0 Å². The molecular weight excluding hydrogens is 380 g/mol. The fourth-order valence-electron chi connectivity index (χ4n) is 3.11. The van der Waals surface area contributed by atoms with E-state index >= 15 is 0 Å². The number of carbonyl (C=O) groups excluding carboxylic acids is 1. The molecule has 0 spiro atoms. The molecule has 0 unspecified atom stereocenters. The van der Waals surface area contributed by atoms with Gasteiger partial charge in [0.25, 0.3) is 5.91 Å². The van der Waals surface area contributed by atoms with Gasteiger partial charge in [-0.1, -0.05) is 40.6 Å². The molecule has 0 atom stereocenters. The second kappa shape index (κ2) is 8.38. The van der Waals surface area contributed by atoms with Gasteiger partial charge in [0.05, 0.1) is 16.8 Å². The van der Waals surface area contributed by atoms with Crippen molar-refractivity contribution in [3.63, 3.8) is 0 Å². The summed E-state index contributed by atoms with van der Waals surface area (Å²) in [4.78, 5) is 17.9. The maximum atomic E-state index is 12.8. The van der Waals surface area contributed by atoms with Gasteiger partial charge in [-0.3, -0.25) is 4.79 Å². The molecule has 142 valence electrons. The molecule has 1 heterocycles. The Morgan fingerprint density at radius 2 is 2.00 bits per heavy atom. The van der Waals surface area contributed by atoms with Gasteiger partial charge < -0.3 is 9.30 Å². The zero-order chi connectivity index (χ0) is 19.6. The van der Waals surface area contributed by atoms with Crippen molar-refractivity contribution in [3.8, 4) is 0 Å². The van der Waals surface area contributed by atoms with Crippen molar-refractivity contribution < 1.29 is 9.53 Å². The Morgan fingerprint density at radius 3 is 2.70 bits per heavy atom. The van der Waals surface area contributed by atoms with Crippen LogP contribution in [0, 0.1) is 20.8 Å². The average molecular weight is 403 g/mol. The number of halogens is 1. The van der Waals surface area contributed by atoms with E-state index in [0.717, 1.165) is 26.9 Å². The minimum absolute atomic E-state index is 0.229. The number of nitrogens with zero attached hydrogens (tertiary/aromatic N) is 2. The molecule has 6 heteroatoms. The Morgan fingerprint density at radius 1 is 1.22 bits per heavy atom. The van der Waals surface area contributed by atoms with Crippen molar-refractivity contribution in [1.82, 2.24) is 4.57 Å². The van der Waals surface area contributed by atoms with Crippen LogP contribution < -0.4 is 4.80 Å². The number of ether oxygens (including phenoxy) is 1. The predicted octanol–water partition coefficient (Wildman–Crippen LogP) is 5.06. The predicted molar refractivity (Wildman–Crippen MR) is 112 cm³/mol. The molecule has 0 radical (unpaired) electrons. The lowest BCUT2D eigenvalue weighted by molar-refractivity contribution is 0.0996. The van der Waals surface area contributed by atoms with Crippen molar-refractivity contribution >= 4 is 39.1 Å². The minimum atomic E-state index is -0.229. The van der Waals surface area contributed by atoms with Gasteiger partial charge in [0.2, 0.25) is 0 Å². The van der Waals surface area contributed by atoms with Crippen LogP contribution in [0.25, 0.3) is 10.2 Å². The summed E-state index contributed by atoms with van der Waals surface area (Å²) < 4.78 is 8.62. The van der Waals surface area contributed by atoms with E-state index in [1.165, 1.54) is 11.3 Å². The Balaban J connectivity index is 2.14. The molecule has 0 aliphatic heterocycles. The Labute approximate surface area is 168 Å². The summed E-state index contributed by atoms with van der Waals surface area (Å²) >= 11 is 7.83. The van der Waals surface area contributed by atoms with E-state index in [1.54, 1.807) is 0 Å². The van der Waals surface area contributed by atoms with Crippen molar-refractivity contribution in [2.75, 3.05) is 13.2 Å². The van der Waals surface area contributed by atoms with Gasteiger partial charge in [-0.2, -0.15) is 4.99 Å². The molecule has 0 fully saturated rings. The van der Waals surface area contributed by atoms with Gasteiger partial charge in [0, 0.05) is 23.7 Å². The van der Waals surface area contributed by atoms with E-state index in [-0.39, 0.29) is 5.91 Å². The van der Waals surface area contributed by atoms with Crippen molar-refractivity contribution in [2.24, 2.45) is 4.99 Å². The molecule has 27 heavy (non-hydrogen) atoms. The fraction of sp³-hybridized carbons (Fsp3) is 0.333. The summed E-state index contributed by atoms with van der Waals surface area (Å²) in [6.07, 6.45) is 0. The van der Waals surface area contributed by atoms with Crippen molar-refractivity contribution in [1.29, 1.82) is 0 Å². The third-order valence-electron chi connectivity index (χ3n) is 4.50. The van der Waals surface area contributed by atoms with Gasteiger partial charge in [-0.15, -0.1) is 0 Å². The highest BCUT2D eigenvalue weighted by atomic mass is 35.5. The summed E-state index contributed by atoms with van der Waals surface area (Å²) in [7, 11) is 0. The second-order valence-electron chi connectivity index (χ2n) is 6.49.